The van der Waals surface area contributed by atoms with Crippen molar-refractivity contribution < 1.29 is 27.6 Å². The first kappa shape index (κ1) is 16.5. The van der Waals surface area contributed by atoms with Crippen LogP contribution in [0.2, 0.25) is 0 Å². The van der Waals surface area contributed by atoms with Gasteiger partial charge in [-0.1, -0.05) is 29.8 Å². The van der Waals surface area contributed by atoms with Crippen LogP contribution in [0.5, 0.6) is 5.75 Å². The molecule has 98 valence electrons. The zero-order valence-corrected chi connectivity index (χ0v) is 11.7. The van der Waals surface area contributed by atoms with Gasteiger partial charge in [-0.25, -0.2) is 0 Å². The Morgan fingerprint density at radius 1 is 1.29 bits per heavy atom. The monoisotopic (exact) mass is 279 g/mol. The lowest BCUT2D eigenvalue weighted by Gasteiger charge is -2.26. The molecule has 1 rings (SSSR count). The third-order valence-electron chi connectivity index (χ3n) is 2.09. The molecule has 3 N–H and O–H groups in total. The Bertz CT molecular complexity index is 312. The first-order valence-electron chi connectivity index (χ1n) is 5.37. The van der Waals surface area contributed by atoms with Gasteiger partial charge in [-0.2, -0.15) is 0 Å². The smallest absolute Gasteiger partial charge is 0.273 e. The molecule has 17 heavy (non-hydrogen) atoms. The number of para-hydroxylation sites is 1. The van der Waals surface area contributed by atoms with Crippen LogP contribution in [0.25, 0.3) is 0 Å². The minimum absolute atomic E-state index is 0. The van der Waals surface area contributed by atoms with E-state index in [4.69, 9.17) is 16.3 Å². The number of ether oxygens (including phenoxy) is 1. The van der Waals surface area contributed by atoms with Crippen LogP contribution in [0.3, 0.4) is 0 Å². The van der Waals surface area contributed by atoms with Crippen LogP contribution in [-0.2, 0) is 0 Å². The van der Waals surface area contributed by atoms with Gasteiger partial charge in [0.25, 0.3) is 6.23 Å². The molecule has 5 heteroatoms. The molecule has 0 aliphatic rings. The van der Waals surface area contributed by atoms with Gasteiger partial charge in [0.05, 0.1) is 6.04 Å². The Morgan fingerprint density at radius 3 is 2.24 bits per heavy atom. The van der Waals surface area contributed by atoms with E-state index < -0.39 is 11.3 Å². The minimum Gasteiger partial charge on any atom is -1.00 e. The van der Waals surface area contributed by atoms with Crippen molar-refractivity contribution in [1.29, 1.82) is 0 Å². The highest BCUT2D eigenvalue weighted by molar-refractivity contribution is 6.22. The van der Waals surface area contributed by atoms with Crippen molar-refractivity contribution in [3.8, 4) is 5.75 Å². The van der Waals surface area contributed by atoms with Gasteiger partial charge in [-0.3, -0.25) is 0 Å². The maximum Gasteiger partial charge on any atom is 0.273 e. The average molecular weight is 280 g/mol. The average Bonchev–Trinajstić information content (AvgIpc) is 2.16. The van der Waals surface area contributed by atoms with E-state index in [0.29, 0.717) is 11.8 Å². The highest BCUT2D eigenvalue weighted by Gasteiger charge is 2.35. The van der Waals surface area contributed by atoms with E-state index in [1.807, 2.05) is 49.5 Å². The molecule has 0 aliphatic carbocycles. The van der Waals surface area contributed by atoms with Gasteiger partial charge >= 0.3 is 0 Å². The van der Waals surface area contributed by atoms with Gasteiger partial charge < -0.3 is 27.6 Å². The molecule has 0 aliphatic heterocycles. The van der Waals surface area contributed by atoms with E-state index >= 15 is 0 Å². The fourth-order valence-electron chi connectivity index (χ4n) is 1.32. The predicted molar refractivity (Wildman–Crippen MR) is 64.4 cm³/mol. The SMILES string of the molecule is CC(C)[NH2+]C(Oc1ccccc1)C(C)(O)Cl.[Cl-]. The third-order valence-corrected chi connectivity index (χ3v) is 2.30. The zero-order chi connectivity index (χ0) is 12.2. The topological polar surface area (TPSA) is 46.1 Å². The van der Waals surface area contributed by atoms with Crippen molar-refractivity contribution in [2.75, 3.05) is 0 Å². The van der Waals surface area contributed by atoms with Crippen LogP contribution in [0, 0.1) is 0 Å². The summed E-state index contributed by atoms with van der Waals surface area (Å²) < 4.78 is 5.65. The van der Waals surface area contributed by atoms with Crippen molar-refractivity contribution >= 4 is 11.6 Å². The van der Waals surface area contributed by atoms with Crippen LogP contribution in [0.15, 0.2) is 30.3 Å². The molecule has 2 atom stereocenters. The molecule has 0 heterocycles. The molecular weight excluding hydrogens is 261 g/mol. The largest absolute Gasteiger partial charge is 1.00 e. The number of benzene rings is 1. The van der Waals surface area contributed by atoms with Gasteiger partial charge in [0.1, 0.15) is 5.75 Å². The summed E-state index contributed by atoms with van der Waals surface area (Å²) >= 11 is 5.89. The fourth-order valence-corrected chi connectivity index (χ4v) is 1.44. The summed E-state index contributed by atoms with van der Waals surface area (Å²) in [6, 6.07) is 9.63. The molecule has 0 radical (unpaired) electrons. The summed E-state index contributed by atoms with van der Waals surface area (Å²) in [5, 5.41) is 10.3. The van der Waals surface area contributed by atoms with Gasteiger partial charge in [-0.15, -0.1) is 0 Å². The standard InChI is InChI=1S/C12H18ClNO2.ClH/c1-9(2)14-11(12(3,13)15)16-10-7-5-4-6-8-10;/h4-9,11,14-15H,1-3H3;1H. The van der Waals surface area contributed by atoms with Gasteiger partial charge in [0.15, 0.2) is 0 Å². The molecule has 0 spiro atoms. The second-order valence-corrected chi connectivity index (χ2v) is 5.08. The molecule has 0 bridgehead atoms. The van der Waals surface area contributed by atoms with E-state index in [2.05, 4.69) is 0 Å². The number of alkyl halides is 1. The Hall–Kier alpha value is -0.480. The first-order chi connectivity index (χ1) is 7.39. The van der Waals surface area contributed by atoms with E-state index in [9.17, 15) is 5.11 Å². The number of halogens is 2. The van der Waals surface area contributed by atoms with Gasteiger partial charge in [-0.05, 0) is 32.9 Å². The maximum atomic E-state index is 9.80. The molecular formula is C12H19Cl2NO2. The number of aliphatic hydroxyl groups is 1. The Balaban J connectivity index is 0.00000256. The van der Waals surface area contributed by atoms with Crippen LogP contribution < -0.4 is 22.5 Å². The van der Waals surface area contributed by atoms with Crippen LogP contribution >= 0.6 is 11.6 Å². The van der Waals surface area contributed by atoms with Gasteiger partial charge in [0, 0.05) is 0 Å². The molecule has 1 aromatic rings. The van der Waals surface area contributed by atoms with E-state index in [0.717, 1.165) is 0 Å². The second kappa shape index (κ2) is 7.07. The van der Waals surface area contributed by atoms with Crippen LogP contribution in [0.1, 0.15) is 20.8 Å². The Labute approximate surface area is 114 Å². The minimum atomic E-state index is -1.40. The van der Waals surface area contributed by atoms with Crippen molar-refractivity contribution in [2.45, 2.75) is 38.1 Å². The second-order valence-electron chi connectivity index (χ2n) is 4.31. The summed E-state index contributed by atoms with van der Waals surface area (Å²) in [7, 11) is 0. The number of rotatable bonds is 5. The maximum absolute atomic E-state index is 9.80. The molecule has 1 aromatic carbocycles. The highest BCUT2D eigenvalue weighted by atomic mass is 35.5. The van der Waals surface area contributed by atoms with Crippen molar-refractivity contribution in [1.82, 2.24) is 0 Å². The van der Waals surface area contributed by atoms with Crippen molar-refractivity contribution in [3.05, 3.63) is 30.3 Å². The highest BCUT2D eigenvalue weighted by Crippen LogP contribution is 2.17. The molecule has 0 amide bonds. The van der Waals surface area contributed by atoms with E-state index in [1.165, 1.54) is 6.92 Å². The predicted octanol–water partition coefficient (Wildman–Crippen LogP) is -1.69. The third kappa shape index (κ3) is 6.13. The van der Waals surface area contributed by atoms with Crippen molar-refractivity contribution in [3.63, 3.8) is 0 Å². The lowest BCUT2D eigenvalue weighted by atomic mass is 10.3. The first-order valence-corrected chi connectivity index (χ1v) is 5.75. The molecule has 0 saturated carbocycles. The summed E-state index contributed by atoms with van der Waals surface area (Å²) in [5.74, 6) is 0.699. The lowest BCUT2D eigenvalue weighted by Crippen LogP contribution is -3.00. The molecule has 2 unspecified atom stereocenters. The molecule has 0 aromatic heterocycles. The number of nitrogens with two attached hydrogens (primary N) is 1. The fraction of sp³-hybridized carbons (Fsp3) is 0.500. The quantitative estimate of drug-likeness (QED) is 0.500. The zero-order valence-electron chi connectivity index (χ0n) is 10.2. The summed E-state index contributed by atoms with van der Waals surface area (Å²) in [5.41, 5.74) is 0. The molecule has 0 fully saturated rings. The normalized spacial score (nSPS) is 15.9. The number of hydrogen-bond donors (Lipinski definition) is 2. The molecule has 0 saturated heterocycles. The summed E-state index contributed by atoms with van der Waals surface area (Å²) in [6.45, 7) is 5.56. The summed E-state index contributed by atoms with van der Waals surface area (Å²) in [6.07, 6.45) is -0.531. The Morgan fingerprint density at radius 2 is 1.82 bits per heavy atom. The Kier molecular flexibility index (Phi) is 6.87. The number of hydrogen-bond acceptors (Lipinski definition) is 2. The van der Waals surface area contributed by atoms with Crippen LogP contribution in [-0.4, -0.2) is 22.4 Å². The number of quaternary nitrogens is 1. The van der Waals surface area contributed by atoms with E-state index in [1.54, 1.807) is 0 Å². The summed E-state index contributed by atoms with van der Waals surface area (Å²) in [4.78, 5) is 0. The van der Waals surface area contributed by atoms with Crippen LogP contribution in [0.4, 0.5) is 0 Å². The molecule has 3 nitrogen and oxygen atoms in total. The van der Waals surface area contributed by atoms with Gasteiger partial charge in [0.2, 0.25) is 5.06 Å². The van der Waals surface area contributed by atoms with E-state index in [-0.39, 0.29) is 12.4 Å². The van der Waals surface area contributed by atoms with Crippen molar-refractivity contribution in [2.24, 2.45) is 0 Å². The lowest BCUT2D eigenvalue weighted by molar-refractivity contribution is -0.752.